The number of allylic oxidation sites excluding steroid dienone is 4. The summed E-state index contributed by atoms with van der Waals surface area (Å²) < 4.78 is 0. The van der Waals surface area contributed by atoms with E-state index < -0.39 is 0 Å². The summed E-state index contributed by atoms with van der Waals surface area (Å²) in [5.74, 6) is 1.09. The molecule has 0 aromatic heterocycles. The number of rotatable bonds is 3. The quantitative estimate of drug-likeness (QED) is 0.458. The number of hydrogen-bond donors (Lipinski definition) is 0. The first-order valence-electron chi connectivity index (χ1n) is 12.5. The van der Waals surface area contributed by atoms with E-state index in [2.05, 4.69) is 83.1 Å². The summed E-state index contributed by atoms with van der Waals surface area (Å²) in [6.45, 7) is 28.2. The number of fused-ring (bicyclic) bond motifs is 2. The first-order chi connectivity index (χ1) is 14.9. The molecule has 2 aliphatic rings. The summed E-state index contributed by atoms with van der Waals surface area (Å²) >= 11 is 0. The Kier molecular flexibility index (Phi) is 5.60. The second-order valence-electron chi connectivity index (χ2n) is 10.9. The van der Waals surface area contributed by atoms with Crippen molar-refractivity contribution >= 4 is 11.1 Å². The summed E-state index contributed by atoms with van der Waals surface area (Å²) in [6, 6.07) is 0. The Balaban J connectivity index is 1.78. The molecule has 0 fully saturated rings. The SMILES string of the molecule is CC1=C(C)C(CCC2=C(C)C(C)c3c(C)c(C)c(C)c(C)c32)c2c(C)c(C)c(C)c(C)c21. The molecule has 2 aromatic rings. The molecule has 2 unspecified atom stereocenters. The first-order valence-corrected chi connectivity index (χ1v) is 12.5. The third-order valence-corrected chi connectivity index (χ3v) is 9.85. The predicted octanol–water partition coefficient (Wildman–Crippen LogP) is 9.42. The Hall–Kier alpha value is -2.08. The van der Waals surface area contributed by atoms with E-state index in [1.54, 1.807) is 39.0 Å². The maximum absolute atomic E-state index is 2.42. The largest absolute Gasteiger partial charge is 0.0622 e. The molecule has 170 valence electrons. The summed E-state index contributed by atoms with van der Waals surface area (Å²) in [5, 5.41) is 0. The zero-order valence-corrected chi connectivity index (χ0v) is 22.6. The van der Waals surface area contributed by atoms with Gasteiger partial charge in [0.2, 0.25) is 0 Å². The van der Waals surface area contributed by atoms with Crippen molar-refractivity contribution in [3.05, 3.63) is 77.9 Å². The molecule has 4 rings (SSSR count). The molecule has 0 bridgehead atoms. The Morgan fingerprint density at radius 2 is 0.969 bits per heavy atom. The molecule has 0 aliphatic heterocycles. The minimum absolute atomic E-state index is 0.543. The minimum Gasteiger partial charge on any atom is -0.0622 e. The zero-order valence-electron chi connectivity index (χ0n) is 22.6. The molecule has 0 spiro atoms. The van der Waals surface area contributed by atoms with Gasteiger partial charge in [0.05, 0.1) is 0 Å². The molecule has 2 aromatic carbocycles. The van der Waals surface area contributed by atoms with Crippen molar-refractivity contribution in [2.75, 3.05) is 0 Å². The maximum atomic E-state index is 2.42. The second-order valence-corrected chi connectivity index (χ2v) is 10.9. The van der Waals surface area contributed by atoms with Gasteiger partial charge in [-0.2, -0.15) is 0 Å². The Labute approximate surface area is 196 Å². The van der Waals surface area contributed by atoms with Crippen LogP contribution in [0, 0.1) is 55.4 Å². The molecule has 2 aliphatic carbocycles. The number of hydrogen-bond acceptors (Lipinski definition) is 0. The van der Waals surface area contributed by atoms with Crippen LogP contribution in [0.25, 0.3) is 11.1 Å². The zero-order chi connectivity index (χ0) is 23.8. The van der Waals surface area contributed by atoms with Gasteiger partial charge < -0.3 is 0 Å². The van der Waals surface area contributed by atoms with E-state index in [4.69, 9.17) is 0 Å². The van der Waals surface area contributed by atoms with Gasteiger partial charge >= 0.3 is 0 Å². The van der Waals surface area contributed by atoms with Crippen LogP contribution in [-0.2, 0) is 0 Å². The van der Waals surface area contributed by atoms with Crippen molar-refractivity contribution in [1.29, 1.82) is 0 Å². The Morgan fingerprint density at radius 1 is 0.500 bits per heavy atom. The van der Waals surface area contributed by atoms with E-state index >= 15 is 0 Å². The lowest BCUT2D eigenvalue weighted by molar-refractivity contribution is 0.726. The van der Waals surface area contributed by atoms with Gasteiger partial charge in [-0.15, -0.1) is 0 Å². The van der Waals surface area contributed by atoms with Crippen LogP contribution in [0.2, 0.25) is 0 Å². The van der Waals surface area contributed by atoms with E-state index in [1.165, 1.54) is 62.9 Å². The fourth-order valence-corrected chi connectivity index (χ4v) is 6.85. The molecular weight excluding hydrogens is 384 g/mol. The van der Waals surface area contributed by atoms with E-state index in [0.29, 0.717) is 11.8 Å². The van der Waals surface area contributed by atoms with Gasteiger partial charge in [0.1, 0.15) is 0 Å². The fourth-order valence-electron chi connectivity index (χ4n) is 6.85. The lowest BCUT2D eigenvalue weighted by atomic mass is 9.81. The van der Waals surface area contributed by atoms with Crippen LogP contribution in [0.5, 0.6) is 0 Å². The molecule has 0 saturated heterocycles. The lowest BCUT2D eigenvalue weighted by Crippen LogP contribution is -2.06. The summed E-state index contributed by atoms with van der Waals surface area (Å²) in [4.78, 5) is 0. The molecule has 0 heterocycles. The van der Waals surface area contributed by atoms with E-state index in [-0.39, 0.29) is 0 Å². The van der Waals surface area contributed by atoms with Crippen LogP contribution in [0.3, 0.4) is 0 Å². The number of benzene rings is 2. The highest BCUT2D eigenvalue weighted by atomic mass is 14.4. The average molecular weight is 427 g/mol. The third kappa shape index (κ3) is 2.94. The van der Waals surface area contributed by atoms with E-state index in [9.17, 15) is 0 Å². The van der Waals surface area contributed by atoms with Crippen molar-refractivity contribution in [2.45, 2.75) is 108 Å². The molecule has 0 N–H and O–H groups in total. The van der Waals surface area contributed by atoms with Gasteiger partial charge in [-0.25, -0.2) is 0 Å². The molecule has 0 amide bonds. The molecule has 0 heteroatoms. The van der Waals surface area contributed by atoms with Crippen LogP contribution in [-0.4, -0.2) is 0 Å². The maximum Gasteiger partial charge on any atom is 0.00633 e. The standard InChI is InChI=1S/C32H42/c1-15-17(3)23(9)31-27(19(5)25(11)29(31)21(15)7)13-14-28-20(6)26(12)30-22(8)16(2)18(4)24(10)32(28)30/h25,28H,13-14H2,1-12H3. The molecule has 0 saturated carbocycles. The average Bonchev–Trinajstić information content (AvgIpc) is 3.16. The second kappa shape index (κ2) is 7.75. The van der Waals surface area contributed by atoms with Gasteiger partial charge in [-0.3, -0.25) is 0 Å². The lowest BCUT2D eigenvalue weighted by Gasteiger charge is -2.23. The van der Waals surface area contributed by atoms with Gasteiger partial charge in [0.25, 0.3) is 0 Å². The molecule has 0 radical (unpaired) electrons. The highest BCUT2D eigenvalue weighted by molar-refractivity contribution is 5.84. The van der Waals surface area contributed by atoms with Crippen molar-refractivity contribution in [3.8, 4) is 0 Å². The molecular formula is C32H42. The van der Waals surface area contributed by atoms with Crippen LogP contribution in [0.15, 0.2) is 11.1 Å². The summed E-state index contributed by atoms with van der Waals surface area (Å²) in [5.41, 5.74) is 24.7. The first kappa shape index (κ1) is 23.1. The fraction of sp³-hybridized carbons (Fsp3) is 0.500. The van der Waals surface area contributed by atoms with Gasteiger partial charge in [-0.1, -0.05) is 18.1 Å². The van der Waals surface area contributed by atoms with Crippen LogP contribution >= 0.6 is 0 Å². The van der Waals surface area contributed by atoms with Crippen molar-refractivity contribution in [3.63, 3.8) is 0 Å². The Morgan fingerprint density at radius 3 is 1.53 bits per heavy atom. The van der Waals surface area contributed by atoms with Gasteiger partial charge in [0, 0.05) is 11.8 Å². The van der Waals surface area contributed by atoms with Crippen LogP contribution < -0.4 is 0 Å². The van der Waals surface area contributed by atoms with Gasteiger partial charge in [0.15, 0.2) is 0 Å². The Bertz CT molecular complexity index is 1230. The monoisotopic (exact) mass is 426 g/mol. The van der Waals surface area contributed by atoms with Crippen LogP contribution in [0.1, 0.15) is 119 Å². The topological polar surface area (TPSA) is 0 Å². The van der Waals surface area contributed by atoms with Crippen molar-refractivity contribution in [1.82, 2.24) is 0 Å². The van der Waals surface area contributed by atoms with Crippen molar-refractivity contribution in [2.24, 2.45) is 0 Å². The predicted molar refractivity (Wildman–Crippen MR) is 142 cm³/mol. The van der Waals surface area contributed by atoms with Gasteiger partial charge in [-0.05, 0) is 167 Å². The summed E-state index contributed by atoms with van der Waals surface area (Å²) in [6.07, 6.45) is 2.38. The van der Waals surface area contributed by atoms with E-state index in [1.807, 2.05) is 0 Å². The summed E-state index contributed by atoms with van der Waals surface area (Å²) in [7, 11) is 0. The van der Waals surface area contributed by atoms with Crippen molar-refractivity contribution < 1.29 is 0 Å². The van der Waals surface area contributed by atoms with E-state index in [0.717, 1.165) is 0 Å². The highest BCUT2D eigenvalue weighted by Crippen LogP contribution is 2.52. The molecule has 2 atom stereocenters. The smallest absolute Gasteiger partial charge is 0.00633 e. The normalized spacial score (nSPS) is 19.9. The minimum atomic E-state index is 0.543. The van der Waals surface area contributed by atoms with Crippen LogP contribution in [0.4, 0.5) is 0 Å². The molecule has 32 heavy (non-hydrogen) atoms. The third-order valence-electron chi connectivity index (χ3n) is 9.85. The highest BCUT2D eigenvalue weighted by Gasteiger charge is 2.34. The molecule has 0 nitrogen and oxygen atoms in total.